The van der Waals surface area contributed by atoms with Crippen molar-refractivity contribution in [3.8, 4) is 0 Å². The maximum atomic E-state index is 13.7. The van der Waals surface area contributed by atoms with Crippen LogP contribution in [0.5, 0.6) is 0 Å². The van der Waals surface area contributed by atoms with E-state index in [4.69, 9.17) is 11.6 Å². The second-order valence-corrected chi connectivity index (χ2v) is 7.34. The molecule has 2 heterocycles. The molecule has 0 bridgehead atoms. The number of rotatable bonds is 4. The van der Waals surface area contributed by atoms with Gasteiger partial charge in [0.25, 0.3) is 0 Å². The van der Waals surface area contributed by atoms with E-state index < -0.39 is 27.6 Å². The molecular formula is C13H14ClFN4O2S. The molecule has 0 unspecified atom stereocenters. The number of nitrogens with zero attached hydrogens (tertiary/aromatic N) is 3. The van der Waals surface area contributed by atoms with Gasteiger partial charge in [0.15, 0.2) is 0 Å². The second-order valence-electron chi connectivity index (χ2n) is 5.15. The van der Waals surface area contributed by atoms with Gasteiger partial charge in [-0.3, -0.25) is 0 Å². The van der Waals surface area contributed by atoms with Crippen LogP contribution in [-0.4, -0.2) is 23.2 Å². The quantitative estimate of drug-likeness (QED) is 0.920. The number of aryl methyl sites for hydroxylation is 1. The van der Waals surface area contributed by atoms with Gasteiger partial charge in [0, 0.05) is 17.1 Å². The number of sulfonamides is 1. The number of hydrogen-bond donors (Lipinski definition) is 1. The lowest BCUT2D eigenvalue weighted by atomic mass is 10.1. The van der Waals surface area contributed by atoms with Crippen LogP contribution >= 0.6 is 11.6 Å². The van der Waals surface area contributed by atoms with Crippen molar-refractivity contribution < 1.29 is 12.8 Å². The minimum absolute atomic E-state index is 0.0391. The monoisotopic (exact) mass is 344 g/mol. The predicted molar refractivity (Wildman–Crippen MR) is 79.2 cm³/mol. The summed E-state index contributed by atoms with van der Waals surface area (Å²) >= 11 is 5.79. The van der Waals surface area contributed by atoms with Crippen LogP contribution in [-0.2, 0) is 22.3 Å². The highest BCUT2D eigenvalue weighted by molar-refractivity contribution is 7.88. The Morgan fingerprint density at radius 3 is 3.09 bits per heavy atom. The minimum Gasteiger partial charge on any atom is -0.248 e. The standard InChI is InChI=1S/C13H14ClFN4O2S/c14-10-3-4-11(15)9(6-10)7-22(20,21)18-12-2-1-5-19-13(12)16-8-17-19/h3-4,6,8,12,18H,1-2,5,7H2/t12-/m1/s1. The third-order valence-electron chi connectivity index (χ3n) is 3.49. The van der Waals surface area contributed by atoms with Gasteiger partial charge >= 0.3 is 0 Å². The van der Waals surface area contributed by atoms with Gasteiger partial charge in [-0.25, -0.2) is 27.2 Å². The first-order valence-electron chi connectivity index (χ1n) is 6.76. The van der Waals surface area contributed by atoms with Crippen molar-refractivity contribution in [2.45, 2.75) is 31.2 Å². The third-order valence-corrected chi connectivity index (χ3v) is 5.06. The second kappa shape index (κ2) is 5.94. The lowest BCUT2D eigenvalue weighted by Gasteiger charge is -2.23. The molecule has 0 fully saturated rings. The van der Waals surface area contributed by atoms with E-state index in [1.807, 2.05) is 0 Å². The highest BCUT2D eigenvalue weighted by Gasteiger charge is 2.27. The van der Waals surface area contributed by atoms with Crippen molar-refractivity contribution >= 4 is 21.6 Å². The van der Waals surface area contributed by atoms with Crippen molar-refractivity contribution in [3.05, 3.63) is 46.8 Å². The first kappa shape index (κ1) is 15.4. The van der Waals surface area contributed by atoms with Crippen LogP contribution in [0.25, 0.3) is 0 Å². The largest absolute Gasteiger partial charge is 0.248 e. The summed E-state index contributed by atoms with van der Waals surface area (Å²) in [6.45, 7) is 0.719. The molecule has 118 valence electrons. The van der Waals surface area contributed by atoms with Gasteiger partial charge in [0.05, 0.1) is 11.8 Å². The molecule has 1 aliphatic rings. The fourth-order valence-electron chi connectivity index (χ4n) is 2.52. The molecule has 0 aliphatic carbocycles. The van der Waals surface area contributed by atoms with Crippen LogP contribution in [0.3, 0.4) is 0 Å². The predicted octanol–water partition coefficient (Wildman–Crippen LogP) is 2.03. The Morgan fingerprint density at radius 1 is 1.45 bits per heavy atom. The zero-order chi connectivity index (χ0) is 15.7. The van der Waals surface area contributed by atoms with E-state index in [9.17, 15) is 12.8 Å². The Morgan fingerprint density at radius 2 is 2.27 bits per heavy atom. The molecule has 0 radical (unpaired) electrons. The smallest absolute Gasteiger partial charge is 0.216 e. The topological polar surface area (TPSA) is 76.9 Å². The molecule has 2 aromatic rings. The summed E-state index contributed by atoms with van der Waals surface area (Å²) in [5, 5.41) is 4.34. The fraction of sp³-hybridized carbons (Fsp3) is 0.385. The highest BCUT2D eigenvalue weighted by Crippen LogP contribution is 2.24. The van der Waals surface area contributed by atoms with E-state index in [-0.39, 0.29) is 5.56 Å². The molecule has 1 atom stereocenters. The van der Waals surface area contributed by atoms with Crippen molar-refractivity contribution in [2.75, 3.05) is 0 Å². The third kappa shape index (κ3) is 3.29. The van der Waals surface area contributed by atoms with E-state index >= 15 is 0 Å². The summed E-state index contributed by atoms with van der Waals surface area (Å²) in [5.74, 6) is -0.479. The Hall–Kier alpha value is -1.51. The van der Waals surface area contributed by atoms with Crippen LogP contribution in [0.4, 0.5) is 4.39 Å². The minimum atomic E-state index is -3.72. The van der Waals surface area contributed by atoms with Crippen LogP contribution in [0.2, 0.25) is 5.02 Å². The van der Waals surface area contributed by atoms with Gasteiger partial charge in [-0.1, -0.05) is 11.6 Å². The molecule has 0 saturated heterocycles. The number of hydrogen-bond acceptors (Lipinski definition) is 4. The Bertz CT molecular complexity index is 793. The molecule has 0 spiro atoms. The van der Waals surface area contributed by atoms with Crippen LogP contribution in [0.1, 0.15) is 30.3 Å². The number of halogens is 2. The summed E-state index contributed by atoms with van der Waals surface area (Å²) in [7, 11) is -3.72. The Kier molecular flexibility index (Phi) is 4.16. The Labute approximate surface area is 132 Å². The molecule has 1 N–H and O–H groups in total. The molecule has 22 heavy (non-hydrogen) atoms. The van der Waals surface area contributed by atoms with Gasteiger partial charge in [-0.15, -0.1) is 0 Å². The number of fused-ring (bicyclic) bond motifs is 1. The molecule has 1 aliphatic heterocycles. The molecular weight excluding hydrogens is 331 g/mol. The van der Waals surface area contributed by atoms with Gasteiger partial charge in [0.2, 0.25) is 10.0 Å². The molecule has 0 amide bonds. The van der Waals surface area contributed by atoms with E-state index in [0.29, 0.717) is 17.3 Å². The normalized spacial score (nSPS) is 18.2. The lowest BCUT2D eigenvalue weighted by molar-refractivity contribution is 0.399. The van der Waals surface area contributed by atoms with Gasteiger partial charge in [-0.2, -0.15) is 5.10 Å². The number of benzene rings is 1. The number of aromatic nitrogens is 3. The first-order chi connectivity index (χ1) is 10.4. The molecule has 0 saturated carbocycles. The molecule has 9 heteroatoms. The molecule has 6 nitrogen and oxygen atoms in total. The summed E-state index contributed by atoms with van der Waals surface area (Å²) in [5.41, 5.74) is 0.0391. The van der Waals surface area contributed by atoms with E-state index in [1.54, 1.807) is 4.68 Å². The van der Waals surface area contributed by atoms with Crippen molar-refractivity contribution in [1.29, 1.82) is 0 Å². The SMILES string of the molecule is O=S(=O)(Cc1cc(Cl)ccc1F)N[C@@H]1CCCn2ncnc21. The van der Waals surface area contributed by atoms with Gasteiger partial charge in [-0.05, 0) is 31.0 Å². The van der Waals surface area contributed by atoms with Crippen molar-refractivity contribution in [3.63, 3.8) is 0 Å². The Balaban J connectivity index is 1.79. The van der Waals surface area contributed by atoms with Crippen LogP contribution in [0.15, 0.2) is 24.5 Å². The number of nitrogens with one attached hydrogen (secondary N) is 1. The highest BCUT2D eigenvalue weighted by atomic mass is 35.5. The molecule has 3 rings (SSSR count). The van der Waals surface area contributed by atoms with Crippen LogP contribution in [0, 0.1) is 5.82 Å². The van der Waals surface area contributed by atoms with Crippen LogP contribution < -0.4 is 4.72 Å². The maximum absolute atomic E-state index is 13.7. The summed E-state index contributed by atoms with van der Waals surface area (Å²) in [6.07, 6.45) is 2.84. The van der Waals surface area contributed by atoms with E-state index in [0.717, 1.165) is 19.0 Å². The van der Waals surface area contributed by atoms with Gasteiger partial charge < -0.3 is 0 Å². The summed E-state index contributed by atoms with van der Waals surface area (Å²) < 4.78 is 42.5. The summed E-state index contributed by atoms with van der Waals surface area (Å²) in [6, 6.07) is 3.41. The average Bonchev–Trinajstić information content (AvgIpc) is 2.92. The zero-order valence-corrected chi connectivity index (χ0v) is 13.1. The molecule has 1 aromatic heterocycles. The van der Waals surface area contributed by atoms with Crippen molar-refractivity contribution in [1.82, 2.24) is 19.5 Å². The van der Waals surface area contributed by atoms with Crippen molar-refractivity contribution in [2.24, 2.45) is 0 Å². The van der Waals surface area contributed by atoms with Gasteiger partial charge in [0.1, 0.15) is 18.0 Å². The summed E-state index contributed by atoms with van der Waals surface area (Å²) in [4.78, 5) is 4.09. The van der Waals surface area contributed by atoms with E-state index in [2.05, 4.69) is 14.8 Å². The zero-order valence-electron chi connectivity index (χ0n) is 11.5. The average molecular weight is 345 g/mol. The lowest BCUT2D eigenvalue weighted by Crippen LogP contribution is -2.34. The van der Waals surface area contributed by atoms with E-state index in [1.165, 1.54) is 18.5 Å². The molecule has 1 aromatic carbocycles. The first-order valence-corrected chi connectivity index (χ1v) is 8.79. The fourth-order valence-corrected chi connectivity index (χ4v) is 4.08. The maximum Gasteiger partial charge on any atom is 0.216 e.